The summed E-state index contributed by atoms with van der Waals surface area (Å²) >= 11 is 0. The van der Waals surface area contributed by atoms with Crippen LogP contribution in [-0.2, 0) is 9.53 Å². The number of halogens is 2. The monoisotopic (exact) mass is 256 g/mol. The number of hydrogen-bond donors (Lipinski definition) is 0. The van der Waals surface area contributed by atoms with Gasteiger partial charge in [0, 0.05) is 12.1 Å². The molecule has 1 aliphatic carbocycles. The van der Waals surface area contributed by atoms with Gasteiger partial charge in [-0.1, -0.05) is 0 Å². The van der Waals surface area contributed by atoms with E-state index in [1.165, 1.54) is 4.90 Å². The van der Waals surface area contributed by atoms with Crippen molar-refractivity contribution in [2.45, 2.75) is 25.8 Å². The Morgan fingerprint density at radius 2 is 2.28 bits per heavy atom. The highest BCUT2D eigenvalue weighted by Gasteiger charge is 2.33. The molecule has 1 aromatic rings. The Kier molecular flexibility index (Phi) is 3.74. The second-order valence-electron chi connectivity index (χ2n) is 4.12. The highest BCUT2D eigenvalue weighted by Crippen LogP contribution is 2.31. The van der Waals surface area contributed by atoms with Gasteiger partial charge in [0.1, 0.15) is 12.4 Å². The lowest BCUT2D eigenvalue weighted by molar-refractivity contribution is -0.141. The third-order valence-electron chi connectivity index (χ3n) is 2.65. The molecular weight excluding hydrogens is 242 g/mol. The molecular formula is C12H14F2N2O2. The van der Waals surface area contributed by atoms with E-state index in [1.807, 2.05) is 0 Å². The Balaban J connectivity index is 2.16. The standard InChI is InChI=1S/C12H14F2N2O2/c1-2-18-11(17)7-16(9-3-4-9)12-10(14)5-8(13)6-15-12/h5-6,9H,2-4,7H2,1H3. The smallest absolute Gasteiger partial charge is 0.325 e. The molecule has 0 N–H and O–H groups in total. The van der Waals surface area contributed by atoms with Gasteiger partial charge in [-0.2, -0.15) is 0 Å². The molecule has 2 rings (SSSR count). The molecule has 1 aromatic heterocycles. The van der Waals surface area contributed by atoms with Crippen LogP contribution in [0.2, 0.25) is 0 Å². The summed E-state index contributed by atoms with van der Waals surface area (Å²) in [5, 5.41) is 0. The molecule has 0 radical (unpaired) electrons. The van der Waals surface area contributed by atoms with E-state index in [-0.39, 0.29) is 25.0 Å². The average Bonchev–Trinajstić information content (AvgIpc) is 3.11. The van der Waals surface area contributed by atoms with Gasteiger partial charge in [0.25, 0.3) is 0 Å². The van der Waals surface area contributed by atoms with Gasteiger partial charge in [-0.15, -0.1) is 0 Å². The molecule has 18 heavy (non-hydrogen) atoms. The molecule has 0 aliphatic heterocycles. The van der Waals surface area contributed by atoms with Crippen molar-refractivity contribution in [3.05, 3.63) is 23.9 Å². The Morgan fingerprint density at radius 3 is 2.83 bits per heavy atom. The third-order valence-corrected chi connectivity index (χ3v) is 2.65. The van der Waals surface area contributed by atoms with E-state index < -0.39 is 17.6 Å². The molecule has 0 saturated heterocycles. The minimum atomic E-state index is -0.758. The maximum absolute atomic E-state index is 13.6. The second kappa shape index (κ2) is 5.29. The van der Waals surface area contributed by atoms with E-state index in [0.717, 1.165) is 25.1 Å². The van der Waals surface area contributed by atoms with Crippen molar-refractivity contribution in [2.75, 3.05) is 18.1 Å². The molecule has 6 heteroatoms. The van der Waals surface area contributed by atoms with Crippen molar-refractivity contribution in [3.8, 4) is 0 Å². The van der Waals surface area contributed by atoms with Crippen LogP contribution < -0.4 is 4.90 Å². The number of ether oxygens (including phenoxy) is 1. The number of hydrogen-bond acceptors (Lipinski definition) is 4. The second-order valence-corrected chi connectivity index (χ2v) is 4.12. The van der Waals surface area contributed by atoms with E-state index >= 15 is 0 Å². The summed E-state index contributed by atoms with van der Waals surface area (Å²) in [6.07, 6.45) is 2.69. The van der Waals surface area contributed by atoms with Gasteiger partial charge in [0.15, 0.2) is 11.6 Å². The van der Waals surface area contributed by atoms with Crippen molar-refractivity contribution in [3.63, 3.8) is 0 Å². The highest BCUT2D eigenvalue weighted by molar-refractivity contribution is 5.75. The Bertz CT molecular complexity index is 450. The molecule has 0 unspecified atom stereocenters. The summed E-state index contributed by atoms with van der Waals surface area (Å²) in [6, 6.07) is 0.852. The van der Waals surface area contributed by atoms with Crippen LogP contribution >= 0.6 is 0 Å². The SMILES string of the molecule is CCOC(=O)CN(c1ncc(F)cc1F)C1CC1. The van der Waals surface area contributed by atoms with Crippen molar-refractivity contribution < 1.29 is 18.3 Å². The van der Waals surface area contributed by atoms with Crippen molar-refractivity contribution >= 4 is 11.8 Å². The number of rotatable bonds is 5. The predicted octanol–water partition coefficient (Wildman–Crippen LogP) is 1.89. The highest BCUT2D eigenvalue weighted by atomic mass is 19.1. The Morgan fingerprint density at radius 1 is 1.56 bits per heavy atom. The van der Waals surface area contributed by atoms with Crippen LogP contribution in [0.1, 0.15) is 19.8 Å². The van der Waals surface area contributed by atoms with Gasteiger partial charge in [-0.25, -0.2) is 13.8 Å². The zero-order valence-electron chi connectivity index (χ0n) is 10.0. The Labute approximate surface area is 104 Å². The lowest BCUT2D eigenvalue weighted by atomic mass is 10.3. The fourth-order valence-corrected chi connectivity index (χ4v) is 1.73. The summed E-state index contributed by atoms with van der Waals surface area (Å²) in [5.41, 5.74) is 0. The van der Waals surface area contributed by atoms with Crippen LogP contribution in [0.25, 0.3) is 0 Å². The molecule has 1 aliphatic rings. The molecule has 1 heterocycles. The van der Waals surface area contributed by atoms with Crippen LogP contribution in [0.3, 0.4) is 0 Å². The number of nitrogens with zero attached hydrogens (tertiary/aromatic N) is 2. The van der Waals surface area contributed by atoms with E-state index in [9.17, 15) is 13.6 Å². The molecule has 0 bridgehead atoms. The van der Waals surface area contributed by atoms with E-state index in [4.69, 9.17) is 4.74 Å². The average molecular weight is 256 g/mol. The van der Waals surface area contributed by atoms with Crippen LogP contribution in [0.5, 0.6) is 0 Å². The number of esters is 1. The van der Waals surface area contributed by atoms with Crippen LogP contribution in [0.15, 0.2) is 12.3 Å². The van der Waals surface area contributed by atoms with E-state index in [0.29, 0.717) is 0 Å². The predicted molar refractivity (Wildman–Crippen MR) is 61.2 cm³/mol. The lowest BCUT2D eigenvalue weighted by Gasteiger charge is -2.22. The summed E-state index contributed by atoms with van der Waals surface area (Å²) in [6.45, 7) is 1.92. The zero-order valence-corrected chi connectivity index (χ0v) is 10.0. The maximum Gasteiger partial charge on any atom is 0.325 e. The first kappa shape index (κ1) is 12.7. The van der Waals surface area contributed by atoms with Gasteiger partial charge in [-0.05, 0) is 19.8 Å². The van der Waals surface area contributed by atoms with Crippen LogP contribution in [-0.4, -0.2) is 30.1 Å². The van der Waals surface area contributed by atoms with Gasteiger partial charge in [0.2, 0.25) is 0 Å². The van der Waals surface area contributed by atoms with Crippen molar-refractivity contribution in [2.24, 2.45) is 0 Å². The largest absolute Gasteiger partial charge is 0.465 e. The van der Waals surface area contributed by atoms with Gasteiger partial charge in [0.05, 0.1) is 12.8 Å². The third kappa shape index (κ3) is 2.94. The number of pyridine rings is 1. The quantitative estimate of drug-likeness (QED) is 0.754. The van der Waals surface area contributed by atoms with E-state index in [1.54, 1.807) is 6.92 Å². The first-order valence-electron chi connectivity index (χ1n) is 5.85. The minimum Gasteiger partial charge on any atom is -0.465 e. The summed E-state index contributed by atoms with van der Waals surface area (Å²) < 4.78 is 31.3. The lowest BCUT2D eigenvalue weighted by Crippen LogP contribution is -2.34. The number of anilines is 1. The number of carbonyl (C=O) groups is 1. The first-order valence-corrected chi connectivity index (χ1v) is 5.85. The van der Waals surface area contributed by atoms with Crippen molar-refractivity contribution in [1.82, 2.24) is 4.98 Å². The van der Waals surface area contributed by atoms with Gasteiger partial charge < -0.3 is 9.64 Å². The van der Waals surface area contributed by atoms with Crippen LogP contribution in [0, 0.1) is 11.6 Å². The fourth-order valence-electron chi connectivity index (χ4n) is 1.73. The van der Waals surface area contributed by atoms with E-state index in [2.05, 4.69) is 4.98 Å². The molecule has 98 valence electrons. The number of carbonyl (C=O) groups excluding carboxylic acids is 1. The molecule has 0 amide bonds. The molecule has 1 saturated carbocycles. The summed E-state index contributed by atoms with van der Waals surface area (Å²) in [7, 11) is 0. The number of aromatic nitrogens is 1. The molecule has 1 fully saturated rings. The normalized spacial score (nSPS) is 14.4. The minimum absolute atomic E-state index is 0.00644. The summed E-state index contributed by atoms with van der Waals surface area (Å²) in [5.74, 6) is -1.92. The summed E-state index contributed by atoms with van der Waals surface area (Å²) in [4.78, 5) is 16.7. The van der Waals surface area contributed by atoms with Crippen LogP contribution in [0.4, 0.5) is 14.6 Å². The molecule has 0 atom stereocenters. The molecule has 0 aromatic carbocycles. The van der Waals surface area contributed by atoms with Gasteiger partial charge >= 0.3 is 5.97 Å². The zero-order chi connectivity index (χ0) is 13.1. The Hall–Kier alpha value is -1.72. The first-order chi connectivity index (χ1) is 8.61. The fraction of sp³-hybridized carbons (Fsp3) is 0.500. The maximum atomic E-state index is 13.6. The topological polar surface area (TPSA) is 42.4 Å². The molecule has 0 spiro atoms. The van der Waals surface area contributed by atoms with Crippen molar-refractivity contribution in [1.29, 1.82) is 0 Å². The molecule has 4 nitrogen and oxygen atoms in total. The van der Waals surface area contributed by atoms with Gasteiger partial charge in [-0.3, -0.25) is 4.79 Å².